The van der Waals surface area contributed by atoms with Crippen molar-refractivity contribution in [1.82, 2.24) is 0 Å². The van der Waals surface area contributed by atoms with Crippen molar-refractivity contribution in [3.63, 3.8) is 0 Å². The summed E-state index contributed by atoms with van der Waals surface area (Å²) in [4.78, 5) is 50.2. The van der Waals surface area contributed by atoms with Crippen molar-refractivity contribution in [1.29, 1.82) is 0 Å². The Hall–Kier alpha value is -3.20. The number of hydrogen-bond donors (Lipinski definition) is 2. The number of nitrogens with zero attached hydrogens (tertiary/aromatic N) is 1. The molecule has 31 heavy (non-hydrogen) atoms. The van der Waals surface area contributed by atoms with E-state index < -0.39 is 29.8 Å². The third-order valence-corrected chi connectivity index (χ3v) is 5.43. The molecule has 1 aromatic heterocycles. The predicted octanol–water partition coefficient (Wildman–Crippen LogP) is 3.11. The maximum atomic E-state index is 12.7. The van der Waals surface area contributed by atoms with E-state index in [9.17, 15) is 19.2 Å². The first-order chi connectivity index (χ1) is 14.5. The van der Waals surface area contributed by atoms with Gasteiger partial charge < -0.3 is 20.7 Å². The smallest absolute Gasteiger partial charge is 0.349 e. The van der Waals surface area contributed by atoms with Crippen LogP contribution < -0.4 is 16.0 Å². The Morgan fingerprint density at radius 3 is 2.35 bits per heavy atom. The Bertz CT molecular complexity index is 963. The van der Waals surface area contributed by atoms with Gasteiger partial charge in [-0.25, -0.2) is 4.79 Å². The van der Waals surface area contributed by atoms with Gasteiger partial charge in [-0.15, -0.1) is 11.3 Å². The first kappa shape index (κ1) is 24.1. The van der Waals surface area contributed by atoms with Crippen LogP contribution in [0.1, 0.15) is 42.4 Å². The van der Waals surface area contributed by atoms with Gasteiger partial charge in [0.1, 0.15) is 4.88 Å². The maximum Gasteiger partial charge on any atom is 0.349 e. The summed E-state index contributed by atoms with van der Waals surface area (Å²) in [6.07, 6.45) is -0.0184. The van der Waals surface area contributed by atoms with Crippen LogP contribution in [0.4, 0.5) is 10.7 Å². The second kappa shape index (κ2) is 10.2. The summed E-state index contributed by atoms with van der Waals surface area (Å²) in [6.45, 7) is 6.69. The second-order valence-corrected chi connectivity index (χ2v) is 9.05. The number of para-hydroxylation sites is 1. The Labute approximate surface area is 185 Å². The van der Waals surface area contributed by atoms with E-state index in [0.29, 0.717) is 21.1 Å². The number of benzene rings is 1. The van der Waals surface area contributed by atoms with Gasteiger partial charge in [-0.1, -0.05) is 39.0 Å². The molecule has 0 aliphatic rings. The number of nitrogens with one attached hydrogen (secondary N) is 1. The van der Waals surface area contributed by atoms with Crippen LogP contribution in [0.5, 0.6) is 0 Å². The highest BCUT2D eigenvalue weighted by Crippen LogP contribution is 2.29. The molecule has 2 aromatic rings. The van der Waals surface area contributed by atoms with Crippen LogP contribution in [0, 0.1) is 12.3 Å². The number of carbonyl (C=O) groups excluding carboxylic acids is 4. The third kappa shape index (κ3) is 6.92. The van der Waals surface area contributed by atoms with Crippen molar-refractivity contribution in [2.75, 3.05) is 23.4 Å². The number of rotatable bonds is 8. The maximum absolute atomic E-state index is 12.7. The van der Waals surface area contributed by atoms with E-state index in [2.05, 4.69) is 5.32 Å². The Balaban J connectivity index is 2.05. The van der Waals surface area contributed by atoms with Crippen molar-refractivity contribution in [3.05, 3.63) is 46.8 Å². The molecule has 1 aromatic carbocycles. The third-order valence-electron chi connectivity index (χ3n) is 4.30. The zero-order chi connectivity index (χ0) is 23.2. The summed E-state index contributed by atoms with van der Waals surface area (Å²) in [5, 5.41) is 3.31. The minimum absolute atomic E-state index is 0.0184. The first-order valence-electron chi connectivity index (χ1n) is 9.71. The molecule has 0 atom stereocenters. The average Bonchev–Trinajstić information content (AvgIpc) is 3.06. The first-order valence-corrected chi connectivity index (χ1v) is 10.5. The highest BCUT2D eigenvalue weighted by molar-refractivity contribution is 7.18. The average molecular weight is 446 g/mol. The molecule has 2 rings (SSSR count). The number of hydrogen-bond acceptors (Lipinski definition) is 6. The molecule has 9 heteroatoms. The van der Waals surface area contributed by atoms with Crippen LogP contribution in [0.15, 0.2) is 36.4 Å². The molecule has 3 amide bonds. The number of aryl methyl sites for hydroxylation is 1. The summed E-state index contributed by atoms with van der Waals surface area (Å²) >= 11 is 1.09. The van der Waals surface area contributed by atoms with Crippen molar-refractivity contribution < 1.29 is 23.9 Å². The molecular formula is C22H27N3O5S. The van der Waals surface area contributed by atoms with Crippen LogP contribution in [-0.2, 0) is 19.1 Å². The molecule has 8 nitrogen and oxygen atoms in total. The SMILES string of the molecule is Cc1cc(NC(=O)C(C)(C)C)sc1C(=O)OCC(=O)N(CCC(N)=O)c1ccccc1. The van der Waals surface area contributed by atoms with Gasteiger partial charge in [0, 0.05) is 24.1 Å². The number of thiophene rings is 1. The largest absolute Gasteiger partial charge is 0.451 e. The second-order valence-electron chi connectivity index (χ2n) is 8.00. The highest BCUT2D eigenvalue weighted by atomic mass is 32.1. The van der Waals surface area contributed by atoms with Crippen molar-refractivity contribution in [2.45, 2.75) is 34.1 Å². The van der Waals surface area contributed by atoms with Gasteiger partial charge in [0.25, 0.3) is 5.91 Å². The summed E-state index contributed by atoms with van der Waals surface area (Å²) in [5.41, 5.74) is 5.85. The minimum Gasteiger partial charge on any atom is -0.451 e. The number of nitrogens with two attached hydrogens (primary N) is 1. The lowest BCUT2D eigenvalue weighted by Crippen LogP contribution is -2.37. The fraction of sp³-hybridized carbons (Fsp3) is 0.364. The molecule has 166 valence electrons. The van der Waals surface area contributed by atoms with E-state index >= 15 is 0 Å². The molecule has 0 aliphatic heterocycles. The van der Waals surface area contributed by atoms with Crippen LogP contribution in [0.2, 0.25) is 0 Å². The van der Waals surface area contributed by atoms with Gasteiger partial charge >= 0.3 is 5.97 Å². The van der Waals surface area contributed by atoms with Gasteiger partial charge in [0.15, 0.2) is 6.61 Å². The molecule has 1 heterocycles. The molecule has 0 radical (unpaired) electrons. The molecule has 0 unspecified atom stereocenters. The summed E-state index contributed by atoms with van der Waals surface area (Å²) in [6, 6.07) is 10.4. The number of primary amides is 1. The number of anilines is 2. The van der Waals surface area contributed by atoms with E-state index in [0.717, 1.165) is 11.3 Å². The van der Waals surface area contributed by atoms with E-state index in [4.69, 9.17) is 10.5 Å². The number of ether oxygens (including phenoxy) is 1. The topological polar surface area (TPSA) is 119 Å². The number of amides is 3. The molecule has 0 aliphatic carbocycles. The fourth-order valence-corrected chi connectivity index (χ4v) is 3.51. The molecule has 0 spiro atoms. The molecule has 3 N–H and O–H groups in total. The van der Waals surface area contributed by atoms with Crippen molar-refractivity contribution >= 4 is 45.7 Å². The zero-order valence-corrected chi connectivity index (χ0v) is 18.9. The monoisotopic (exact) mass is 445 g/mol. The minimum atomic E-state index is -0.657. The van der Waals surface area contributed by atoms with E-state index in [1.54, 1.807) is 64.1 Å². The fourth-order valence-electron chi connectivity index (χ4n) is 2.54. The van der Waals surface area contributed by atoms with Gasteiger partial charge in [-0.2, -0.15) is 0 Å². The lowest BCUT2D eigenvalue weighted by atomic mass is 9.96. The van der Waals surface area contributed by atoms with Gasteiger partial charge in [-0.3, -0.25) is 14.4 Å². The van der Waals surface area contributed by atoms with Crippen molar-refractivity contribution in [2.24, 2.45) is 11.1 Å². The zero-order valence-electron chi connectivity index (χ0n) is 18.1. The van der Waals surface area contributed by atoms with Crippen LogP contribution in [0.25, 0.3) is 0 Å². The lowest BCUT2D eigenvalue weighted by molar-refractivity contribution is -0.123. The van der Waals surface area contributed by atoms with Crippen LogP contribution >= 0.6 is 11.3 Å². The van der Waals surface area contributed by atoms with E-state index in [1.807, 2.05) is 0 Å². The number of carbonyl (C=O) groups is 4. The lowest BCUT2D eigenvalue weighted by Gasteiger charge is -2.22. The van der Waals surface area contributed by atoms with Crippen LogP contribution in [-0.4, -0.2) is 36.8 Å². The normalized spacial score (nSPS) is 11.0. The standard InChI is InChI=1S/C22H27N3O5S/c1-14-12-17(24-21(29)22(2,3)4)31-19(14)20(28)30-13-18(27)25(11-10-16(23)26)15-8-6-5-7-9-15/h5-9,12H,10-11,13H2,1-4H3,(H2,23,26)(H,24,29). The Morgan fingerprint density at radius 2 is 1.77 bits per heavy atom. The predicted molar refractivity (Wildman–Crippen MR) is 120 cm³/mol. The Morgan fingerprint density at radius 1 is 1.13 bits per heavy atom. The van der Waals surface area contributed by atoms with E-state index in [-0.39, 0.29) is 18.9 Å². The van der Waals surface area contributed by atoms with Gasteiger partial charge in [0.2, 0.25) is 11.8 Å². The molecule has 0 fully saturated rings. The summed E-state index contributed by atoms with van der Waals surface area (Å²) < 4.78 is 5.22. The van der Waals surface area contributed by atoms with Gasteiger partial charge in [-0.05, 0) is 30.7 Å². The molecule has 0 bridgehead atoms. The molecular weight excluding hydrogens is 418 g/mol. The summed E-state index contributed by atoms with van der Waals surface area (Å²) in [7, 11) is 0. The summed E-state index contributed by atoms with van der Waals surface area (Å²) in [5.74, 6) is -1.84. The van der Waals surface area contributed by atoms with Crippen LogP contribution in [0.3, 0.4) is 0 Å². The highest BCUT2D eigenvalue weighted by Gasteiger charge is 2.24. The van der Waals surface area contributed by atoms with E-state index in [1.165, 1.54) is 4.90 Å². The molecule has 0 saturated heterocycles. The number of esters is 1. The molecule has 0 saturated carbocycles. The quantitative estimate of drug-likeness (QED) is 0.605. The Kier molecular flexibility index (Phi) is 7.93. The van der Waals surface area contributed by atoms with Crippen molar-refractivity contribution in [3.8, 4) is 0 Å². The van der Waals surface area contributed by atoms with Gasteiger partial charge in [0.05, 0.1) is 5.00 Å².